The maximum atomic E-state index is 12.9. The number of piperidine rings is 1. The summed E-state index contributed by atoms with van der Waals surface area (Å²) in [5.41, 5.74) is 2.27. The van der Waals surface area contributed by atoms with Crippen molar-refractivity contribution in [3.63, 3.8) is 0 Å². The highest BCUT2D eigenvalue weighted by atomic mass is 32.2. The zero-order valence-corrected chi connectivity index (χ0v) is 18.9. The molecule has 1 saturated heterocycles. The van der Waals surface area contributed by atoms with Gasteiger partial charge in [-0.1, -0.05) is 12.5 Å². The van der Waals surface area contributed by atoms with Crippen molar-refractivity contribution < 1.29 is 17.2 Å². The van der Waals surface area contributed by atoms with Crippen LogP contribution in [0.3, 0.4) is 0 Å². The molecule has 2 aliphatic rings. The fourth-order valence-corrected chi connectivity index (χ4v) is 6.61. The Balaban J connectivity index is 1.37. The minimum Gasteiger partial charge on any atom is -0.382 e. The smallest absolute Gasteiger partial charge is 0.280 e. The van der Waals surface area contributed by atoms with Crippen LogP contribution in [-0.4, -0.2) is 47.1 Å². The summed E-state index contributed by atoms with van der Waals surface area (Å²) in [4.78, 5) is 8.15. The number of halogens is 2. The monoisotopic (exact) mass is 472 g/mol. The van der Waals surface area contributed by atoms with E-state index in [1.54, 1.807) is 22.8 Å². The lowest BCUT2D eigenvalue weighted by Crippen LogP contribution is -2.47. The van der Waals surface area contributed by atoms with Crippen molar-refractivity contribution in [2.45, 2.75) is 49.8 Å². The molecule has 0 unspecified atom stereocenters. The van der Waals surface area contributed by atoms with E-state index in [1.165, 1.54) is 12.3 Å². The Morgan fingerprint density at radius 1 is 1.00 bits per heavy atom. The summed E-state index contributed by atoms with van der Waals surface area (Å²) in [6, 6.07) is 9.04. The lowest BCUT2D eigenvalue weighted by Gasteiger charge is -2.37. The number of nitrogens with zero attached hydrogens (tertiary/aromatic N) is 3. The van der Waals surface area contributed by atoms with Gasteiger partial charge >= 0.3 is 0 Å². The Bertz CT molecular complexity index is 1240. The molecule has 3 heterocycles. The van der Waals surface area contributed by atoms with Crippen LogP contribution in [0.1, 0.15) is 44.2 Å². The summed E-state index contributed by atoms with van der Waals surface area (Å²) in [6.45, 7) is 1.04. The molecule has 33 heavy (non-hydrogen) atoms. The van der Waals surface area contributed by atoms with Gasteiger partial charge in [0.15, 0.2) is 0 Å². The van der Waals surface area contributed by atoms with E-state index in [9.17, 15) is 17.2 Å². The first-order chi connectivity index (χ1) is 15.9. The highest BCUT2D eigenvalue weighted by molar-refractivity contribution is 7.89. The summed E-state index contributed by atoms with van der Waals surface area (Å²) >= 11 is 0. The molecule has 1 saturated carbocycles. The van der Waals surface area contributed by atoms with Gasteiger partial charge in [0.25, 0.3) is 6.43 Å². The lowest BCUT2D eigenvalue weighted by atomic mass is 10.00. The number of hydrogen-bond acceptors (Lipinski definition) is 5. The van der Waals surface area contributed by atoms with Crippen LogP contribution in [0.25, 0.3) is 21.9 Å². The topological polar surface area (TPSA) is 75.2 Å². The molecule has 0 radical (unpaired) electrons. The van der Waals surface area contributed by atoms with Crippen molar-refractivity contribution in [1.82, 2.24) is 14.3 Å². The number of hydrogen-bond donors (Lipinski definition) is 1. The van der Waals surface area contributed by atoms with E-state index in [-0.39, 0.29) is 17.0 Å². The van der Waals surface area contributed by atoms with Crippen molar-refractivity contribution >= 4 is 26.5 Å². The molecule has 1 aliphatic heterocycles. The first kappa shape index (κ1) is 22.2. The molecule has 1 aliphatic carbocycles. The summed E-state index contributed by atoms with van der Waals surface area (Å²) in [5, 5.41) is 5.34. The highest BCUT2D eigenvalue weighted by Crippen LogP contribution is 2.34. The number of sulfonamides is 1. The number of fused-ring (bicyclic) bond motifs is 1. The van der Waals surface area contributed by atoms with Crippen LogP contribution in [0, 0.1) is 0 Å². The van der Waals surface area contributed by atoms with Gasteiger partial charge in [-0.15, -0.1) is 0 Å². The standard InChI is InChI=1S/C24H26F2N4O2S/c25-24(26)22-5-4-17(14-28-22)18-12-16-6-9-27-15-21(16)23(13-18)29-19-7-10-30(11-8-19)33(31,32)20-2-1-3-20/h4-6,9,12-15,19-20,24,29H,1-3,7-8,10-11H2. The number of benzene rings is 1. The van der Waals surface area contributed by atoms with Crippen molar-refractivity contribution in [1.29, 1.82) is 0 Å². The van der Waals surface area contributed by atoms with Gasteiger partial charge in [0.05, 0.1) is 5.25 Å². The number of nitrogens with one attached hydrogen (secondary N) is 1. The van der Waals surface area contributed by atoms with Crippen LogP contribution in [0.5, 0.6) is 0 Å². The zero-order chi connectivity index (χ0) is 23.0. The Morgan fingerprint density at radius 3 is 2.42 bits per heavy atom. The number of rotatable bonds is 6. The molecule has 3 aromatic rings. The van der Waals surface area contributed by atoms with Crippen LogP contribution in [-0.2, 0) is 10.0 Å². The normalized spacial score (nSPS) is 18.5. The second-order valence-electron chi connectivity index (χ2n) is 8.81. The Hall–Kier alpha value is -2.65. The van der Waals surface area contributed by atoms with Crippen LogP contribution in [0.15, 0.2) is 48.9 Å². The summed E-state index contributed by atoms with van der Waals surface area (Å²) in [7, 11) is -3.17. The average Bonchev–Trinajstić information content (AvgIpc) is 2.78. The summed E-state index contributed by atoms with van der Waals surface area (Å²) < 4.78 is 52.9. The van der Waals surface area contributed by atoms with Crippen molar-refractivity contribution in [3.8, 4) is 11.1 Å². The largest absolute Gasteiger partial charge is 0.382 e. The molecule has 174 valence electrons. The van der Waals surface area contributed by atoms with Gasteiger partial charge < -0.3 is 5.32 Å². The predicted molar refractivity (Wildman–Crippen MR) is 125 cm³/mol. The maximum absolute atomic E-state index is 12.9. The molecule has 0 atom stereocenters. The SMILES string of the molecule is O=S(=O)(C1CCC1)N1CCC(Nc2cc(-c3ccc(C(F)F)nc3)cc3ccncc23)CC1. The molecule has 0 spiro atoms. The molecule has 1 N–H and O–H groups in total. The van der Waals surface area contributed by atoms with E-state index >= 15 is 0 Å². The minimum absolute atomic E-state index is 0.135. The first-order valence-electron chi connectivity index (χ1n) is 11.3. The Kier molecular flexibility index (Phi) is 6.01. The molecule has 2 aromatic heterocycles. The molecule has 9 heteroatoms. The number of anilines is 1. The molecule has 6 nitrogen and oxygen atoms in total. The van der Waals surface area contributed by atoms with Gasteiger partial charge in [0.2, 0.25) is 10.0 Å². The van der Waals surface area contributed by atoms with Crippen molar-refractivity contribution in [3.05, 3.63) is 54.6 Å². The summed E-state index contributed by atoms with van der Waals surface area (Å²) in [6.07, 6.45) is 6.40. The molecule has 2 fully saturated rings. The molecular formula is C24H26F2N4O2S. The number of pyridine rings is 2. The lowest BCUT2D eigenvalue weighted by molar-refractivity contribution is 0.146. The highest BCUT2D eigenvalue weighted by Gasteiger charge is 2.37. The quantitative estimate of drug-likeness (QED) is 0.547. The van der Waals surface area contributed by atoms with Gasteiger partial charge in [-0.05, 0) is 60.9 Å². The minimum atomic E-state index is -3.17. The zero-order valence-electron chi connectivity index (χ0n) is 18.1. The van der Waals surface area contributed by atoms with E-state index in [4.69, 9.17) is 0 Å². The fraction of sp³-hybridized carbons (Fsp3) is 0.417. The summed E-state index contributed by atoms with van der Waals surface area (Å²) in [5.74, 6) is 0. The van der Waals surface area contributed by atoms with E-state index in [0.717, 1.165) is 59.7 Å². The molecular weight excluding hydrogens is 446 g/mol. The second-order valence-corrected chi connectivity index (χ2v) is 11.0. The average molecular weight is 473 g/mol. The van der Waals surface area contributed by atoms with Crippen LogP contribution in [0.2, 0.25) is 0 Å². The van der Waals surface area contributed by atoms with Crippen molar-refractivity contribution in [2.75, 3.05) is 18.4 Å². The van der Waals surface area contributed by atoms with E-state index in [0.29, 0.717) is 13.1 Å². The van der Waals surface area contributed by atoms with Crippen LogP contribution in [0.4, 0.5) is 14.5 Å². The van der Waals surface area contributed by atoms with E-state index in [2.05, 4.69) is 15.3 Å². The number of aromatic nitrogens is 2. The van der Waals surface area contributed by atoms with Gasteiger partial charge in [0.1, 0.15) is 5.69 Å². The predicted octanol–water partition coefficient (Wildman–Crippen LogP) is 4.99. The van der Waals surface area contributed by atoms with E-state index < -0.39 is 16.4 Å². The van der Waals surface area contributed by atoms with Gasteiger partial charge in [-0.2, -0.15) is 0 Å². The molecule has 0 bridgehead atoms. The third-order valence-electron chi connectivity index (χ3n) is 6.75. The maximum Gasteiger partial charge on any atom is 0.280 e. The molecule has 5 rings (SSSR count). The third kappa shape index (κ3) is 4.44. The fourth-order valence-electron chi connectivity index (χ4n) is 4.54. The molecule has 1 aromatic carbocycles. The number of alkyl halides is 2. The van der Waals surface area contributed by atoms with Gasteiger partial charge in [-0.3, -0.25) is 9.97 Å². The first-order valence-corrected chi connectivity index (χ1v) is 12.8. The van der Waals surface area contributed by atoms with Crippen LogP contribution >= 0.6 is 0 Å². The van der Waals surface area contributed by atoms with Gasteiger partial charge in [-0.25, -0.2) is 21.5 Å². The van der Waals surface area contributed by atoms with Crippen LogP contribution < -0.4 is 5.32 Å². The Morgan fingerprint density at radius 2 is 1.79 bits per heavy atom. The third-order valence-corrected chi connectivity index (χ3v) is 9.14. The molecule has 0 amide bonds. The van der Waals surface area contributed by atoms with Gasteiger partial charge in [0, 0.05) is 54.4 Å². The van der Waals surface area contributed by atoms with Crippen molar-refractivity contribution in [2.24, 2.45) is 0 Å². The second kappa shape index (κ2) is 8.95. The van der Waals surface area contributed by atoms with E-state index in [1.807, 2.05) is 18.2 Å². The Labute approximate surface area is 192 Å².